The molecular weight excluding hydrogens is 473 g/mol. The van der Waals surface area contributed by atoms with Crippen molar-refractivity contribution in [1.29, 1.82) is 10.8 Å². The predicted molar refractivity (Wildman–Crippen MR) is 132 cm³/mol. The number of nitrogens with one attached hydrogen (secondary N) is 3. The number of rotatable bonds is 12. The molecule has 0 saturated carbocycles. The Balaban J connectivity index is 2.10. The van der Waals surface area contributed by atoms with E-state index in [2.05, 4.69) is 11.9 Å². The van der Waals surface area contributed by atoms with E-state index in [1.165, 1.54) is 26.2 Å². The maximum atomic E-state index is 13.7. The Morgan fingerprint density at radius 1 is 1.11 bits per heavy atom. The third-order valence-corrected chi connectivity index (χ3v) is 5.53. The lowest BCUT2D eigenvalue weighted by molar-refractivity contribution is -0.137. The van der Waals surface area contributed by atoms with Crippen molar-refractivity contribution in [3.8, 4) is 0 Å². The van der Waals surface area contributed by atoms with Gasteiger partial charge in [0.15, 0.2) is 5.78 Å². The van der Waals surface area contributed by atoms with E-state index in [0.717, 1.165) is 6.07 Å². The summed E-state index contributed by atoms with van der Waals surface area (Å²) in [6.45, 7) is 5.56. The van der Waals surface area contributed by atoms with Crippen molar-refractivity contribution in [3.05, 3.63) is 76.9 Å². The molecule has 0 heterocycles. The highest BCUT2D eigenvalue weighted by Crippen LogP contribution is 2.34. The molecule has 192 valence electrons. The maximum Gasteiger partial charge on any atom is 0.417 e. The monoisotopic (exact) mass is 502 g/mol. The zero-order chi connectivity index (χ0) is 27.0. The summed E-state index contributed by atoms with van der Waals surface area (Å²) < 4.78 is 46.0. The Hall–Kier alpha value is -3.79. The van der Waals surface area contributed by atoms with E-state index in [4.69, 9.17) is 21.3 Å². The van der Waals surface area contributed by atoms with Gasteiger partial charge >= 0.3 is 6.18 Å². The van der Waals surface area contributed by atoms with Gasteiger partial charge in [-0.1, -0.05) is 43.0 Å². The highest BCUT2D eigenvalue weighted by atomic mass is 19.4. The molecule has 0 radical (unpaired) electrons. The average Bonchev–Trinajstić information content (AvgIpc) is 2.82. The minimum Gasteiger partial charge on any atom is -0.385 e. The van der Waals surface area contributed by atoms with Crippen molar-refractivity contribution < 1.29 is 27.5 Å². The minimum absolute atomic E-state index is 0.0867. The van der Waals surface area contributed by atoms with Gasteiger partial charge in [-0.25, -0.2) is 0 Å². The summed E-state index contributed by atoms with van der Waals surface area (Å²) in [6.07, 6.45) is -4.67. The first kappa shape index (κ1) is 28.4. The molecule has 5 N–H and O–H groups in total. The number of carbonyl (C=O) groups excluding carboxylic acids is 2. The number of halogens is 3. The van der Waals surface area contributed by atoms with E-state index in [0.29, 0.717) is 24.2 Å². The van der Waals surface area contributed by atoms with E-state index in [1.807, 2.05) is 0 Å². The van der Waals surface area contributed by atoms with Crippen molar-refractivity contribution >= 4 is 28.8 Å². The van der Waals surface area contributed by atoms with Crippen LogP contribution in [0.4, 0.5) is 13.2 Å². The summed E-state index contributed by atoms with van der Waals surface area (Å²) >= 11 is 0. The standard InChI is InChI=1S/C26H29F3N4O3/c1-15(17-6-8-18(9-7-17)25(31)32)23(34)14-24(35)33-16(2)19-10-11-20(21(13-19)26(27,28)29)22(30)5-4-12-36-3/h6-11,13,16,30H,1,4-5,12,14H2,2-3H3,(H3,31,32)(H,33,35). The SMILES string of the molecule is C=C(C(=O)CC(=O)NC(C)c1ccc(C(=N)CCCOC)c(C(F)(F)F)c1)c1ccc(C(=N)N)cc1. The fraction of sp³-hybridized carbons (Fsp3) is 0.308. The van der Waals surface area contributed by atoms with Gasteiger partial charge in [-0.05, 0) is 37.0 Å². The molecule has 10 heteroatoms. The largest absolute Gasteiger partial charge is 0.417 e. The predicted octanol–water partition coefficient (Wildman–Crippen LogP) is 4.63. The van der Waals surface area contributed by atoms with Crippen molar-refractivity contribution in [2.45, 2.75) is 38.4 Å². The van der Waals surface area contributed by atoms with Gasteiger partial charge in [0.1, 0.15) is 5.84 Å². The molecule has 1 atom stereocenters. The van der Waals surface area contributed by atoms with E-state index in [1.54, 1.807) is 24.3 Å². The van der Waals surface area contributed by atoms with Crippen LogP contribution >= 0.6 is 0 Å². The number of carbonyl (C=O) groups is 2. The Kier molecular flexibility index (Phi) is 9.68. The molecule has 36 heavy (non-hydrogen) atoms. The summed E-state index contributed by atoms with van der Waals surface area (Å²) in [7, 11) is 1.48. The number of ether oxygens (including phenoxy) is 1. The van der Waals surface area contributed by atoms with Gasteiger partial charge in [-0.2, -0.15) is 13.2 Å². The molecule has 1 unspecified atom stereocenters. The van der Waals surface area contributed by atoms with Crippen molar-refractivity contribution in [3.63, 3.8) is 0 Å². The zero-order valence-electron chi connectivity index (χ0n) is 20.1. The number of amides is 1. The van der Waals surface area contributed by atoms with Gasteiger partial charge in [0.05, 0.1) is 18.0 Å². The van der Waals surface area contributed by atoms with Gasteiger partial charge in [0.25, 0.3) is 0 Å². The lowest BCUT2D eigenvalue weighted by atomic mass is 9.95. The Morgan fingerprint density at radius 2 is 1.72 bits per heavy atom. The number of allylic oxidation sites excluding steroid dienone is 1. The number of ketones is 1. The van der Waals surface area contributed by atoms with E-state index in [9.17, 15) is 22.8 Å². The molecule has 1 amide bonds. The lowest BCUT2D eigenvalue weighted by Gasteiger charge is -2.19. The van der Waals surface area contributed by atoms with Gasteiger partial charge < -0.3 is 21.2 Å². The molecule has 0 fully saturated rings. The topological polar surface area (TPSA) is 129 Å². The fourth-order valence-electron chi connectivity index (χ4n) is 3.50. The molecule has 0 aliphatic carbocycles. The Labute approximate surface area is 207 Å². The van der Waals surface area contributed by atoms with Crippen LogP contribution in [0.5, 0.6) is 0 Å². The molecule has 0 saturated heterocycles. The normalized spacial score (nSPS) is 12.0. The third-order valence-electron chi connectivity index (χ3n) is 5.53. The third kappa shape index (κ3) is 7.61. The second-order valence-corrected chi connectivity index (χ2v) is 8.24. The number of nitrogen functional groups attached to an aromatic ring is 1. The number of hydrogen-bond acceptors (Lipinski definition) is 5. The molecule has 0 spiro atoms. The molecule has 7 nitrogen and oxygen atoms in total. The highest BCUT2D eigenvalue weighted by molar-refractivity contribution is 6.24. The van der Waals surface area contributed by atoms with Crippen LogP contribution in [0, 0.1) is 10.8 Å². The van der Waals surface area contributed by atoms with Gasteiger partial charge in [0.2, 0.25) is 5.91 Å². The minimum atomic E-state index is -4.69. The molecular formula is C26H29F3N4O3. The molecule has 2 rings (SSSR count). The van der Waals surface area contributed by atoms with Crippen LogP contribution in [0.2, 0.25) is 0 Å². The fourth-order valence-corrected chi connectivity index (χ4v) is 3.50. The van der Waals surface area contributed by atoms with Gasteiger partial charge in [0, 0.05) is 36.1 Å². The Morgan fingerprint density at radius 3 is 2.28 bits per heavy atom. The summed E-state index contributed by atoms with van der Waals surface area (Å²) in [5, 5.41) is 18.0. The van der Waals surface area contributed by atoms with Gasteiger partial charge in [-0.15, -0.1) is 0 Å². The van der Waals surface area contributed by atoms with E-state index in [-0.39, 0.29) is 34.7 Å². The first-order valence-corrected chi connectivity index (χ1v) is 11.1. The van der Waals surface area contributed by atoms with E-state index < -0.39 is 35.9 Å². The highest BCUT2D eigenvalue weighted by Gasteiger charge is 2.35. The van der Waals surface area contributed by atoms with Gasteiger partial charge in [-0.3, -0.25) is 15.0 Å². The van der Waals surface area contributed by atoms with Crippen LogP contribution < -0.4 is 11.1 Å². The molecule has 0 aliphatic rings. The van der Waals surface area contributed by atoms with Crippen LogP contribution in [0.15, 0.2) is 49.0 Å². The van der Waals surface area contributed by atoms with Crippen LogP contribution in [0.25, 0.3) is 5.57 Å². The molecule has 2 aromatic carbocycles. The number of Topliss-reactive ketones (excluding diaryl/α,β-unsaturated/α-hetero) is 1. The molecule has 0 bridgehead atoms. The second-order valence-electron chi connectivity index (χ2n) is 8.24. The zero-order valence-corrected chi connectivity index (χ0v) is 20.1. The number of amidine groups is 1. The van der Waals surface area contributed by atoms with Crippen LogP contribution in [0.1, 0.15) is 60.0 Å². The quantitative estimate of drug-likeness (QED) is 0.111. The van der Waals surface area contributed by atoms with Crippen LogP contribution in [-0.2, 0) is 20.5 Å². The van der Waals surface area contributed by atoms with E-state index >= 15 is 0 Å². The van der Waals surface area contributed by atoms with Crippen LogP contribution in [-0.4, -0.2) is 37.0 Å². The second kappa shape index (κ2) is 12.3. The lowest BCUT2D eigenvalue weighted by Crippen LogP contribution is -2.29. The first-order chi connectivity index (χ1) is 16.8. The summed E-state index contributed by atoms with van der Waals surface area (Å²) in [4.78, 5) is 24.9. The smallest absolute Gasteiger partial charge is 0.385 e. The number of methoxy groups -OCH3 is 1. The van der Waals surface area contributed by atoms with Crippen LogP contribution in [0.3, 0.4) is 0 Å². The Bertz CT molecular complexity index is 1160. The summed E-state index contributed by atoms with van der Waals surface area (Å²) in [5.41, 5.74) is 5.29. The summed E-state index contributed by atoms with van der Waals surface area (Å²) in [6, 6.07) is 8.99. The van der Waals surface area contributed by atoms with Crippen molar-refractivity contribution in [2.75, 3.05) is 13.7 Å². The first-order valence-electron chi connectivity index (χ1n) is 11.1. The number of benzene rings is 2. The maximum absolute atomic E-state index is 13.7. The number of hydrogen-bond donors (Lipinski definition) is 4. The van der Waals surface area contributed by atoms with Crippen molar-refractivity contribution in [2.24, 2.45) is 5.73 Å². The molecule has 0 aromatic heterocycles. The summed E-state index contributed by atoms with van der Waals surface area (Å²) in [5.74, 6) is -1.35. The average molecular weight is 503 g/mol. The molecule has 0 aliphatic heterocycles. The molecule has 2 aromatic rings. The number of alkyl halides is 3. The number of nitrogens with two attached hydrogens (primary N) is 1. The van der Waals surface area contributed by atoms with Crippen molar-refractivity contribution in [1.82, 2.24) is 5.32 Å².